The van der Waals surface area contributed by atoms with Gasteiger partial charge >= 0.3 is 0 Å². The number of β-lactam (4-membered cyclic amide) rings is 1. The summed E-state index contributed by atoms with van der Waals surface area (Å²) in [6.45, 7) is 0. The molecule has 0 aliphatic carbocycles. The minimum absolute atomic E-state index is 0.154. The molecule has 1 aliphatic heterocycles. The molecule has 1 amide bonds. The zero-order chi connectivity index (χ0) is 10.8. The zero-order valence-corrected chi connectivity index (χ0v) is 9.16. The van der Waals surface area contributed by atoms with Gasteiger partial charge in [-0.1, -0.05) is 41.4 Å². The van der Waals surface area contributed by atoms with Gasteiger partial charge in [0.2, 0.25) is 5.91 Å². The van der Waals surface area contributed by atoms with Crippen molar-refractivity contribution in [3.05, 3.63) is 34.9 Å². The minimum Gasteiger partial charge on any atom is -0.336 e. The summed E-state index contributed by atoms with van der Waals surface area (Å²) in [5.74, 6) is -0.154. The number of halogens is 2. The van der Waals surface area contributed by atoms with Gasteiger partial charge in [-0.25, -0.2) is 0 Å². The van der Waals surface area contributed by atoms with E-state index >= 15 is 0 Å². The van der Waals surface area contributed by atoms with Crippen LogP contribution in [0.2, 0.25) is 5.02 Å². The van der Waals surface area contributed by atoms with Crippen LogP contribution >= 0.6 is 23.2 Å². The first-order chi connectivity index (χ1) is 7.18. The van der Waals surface area contributed by atoms with Crippen molar-refractivity contribution in [1.82, 2.24) is 5.32 Å². The largest absolute Gasteiger partial charge is 0.336 e. The lowest BCUT2D eigenvalue weighted by atomic mass is 10.1. The van der Waals surface area contributed by atoms with Crippen LogP contribution in [0, 0.1) is 0 Å². The normalized spacial score (nSPS) is 25.1. The van der Waals surface area contributed by atoms with Gasteiger partial charge in [0.1, 0.15) is 5.50 Å². The predicted molar refractivity (Wildman–Crippen MR) is 60.6 cm³/mol. The summed E-state index contributed by atoms with van der Waals surface area (Å²) in [6.07, 6.45) is 1.57. The summed E-state index contributed by atoms with van der Waals surface area (Å²) >= 11 is 11.7. The Morgan fingerprint density at radius 2 is 2.13 bits per heavy atom. The summed E-state index contributed by atoms with van der Waals surface area (Å²) in [4.78, 5) is 15.1. The molecule has 0 bridgehead atoms. The number of rotatable bonds is 2. The second kappa shape index (κ2) is 4.21. The van der Waals surface area contributed by atoms with Crippen LogP contribution in [0.1, 0.15) is 5.56 Å². The highest BCUT2D eigenvalue weighted by Crippen LogP contribution is 2.16. The molecule has 1 aliphatic rings. The van der Waals surface area contributed by atoms with Crippen LogP contribution in [0.3, 0.4) is 0 Å². The van der Waals surface area contributed by atoms with Gasteiger partial charge < -0.3 is 5.32 Å². The molecular weight excluding hydrogens is 235 g/mol. The summed E-state index contributed by atoms with van der Waals surface area (Å²) in [6, 6.07) is 6.78. The fraction of sp³-hybridized carbons (Fsp3) is 0.200. The predicted octanol–water partition coefficient (Wildman–Crippen LogP) is 1.82. The van der Waals surface area contributed by atoms with Crippen LogP contribution in [0.4, 0.5) is 0 Å². The Labute approximate surface area is 97.1 Å². The molecular formula is C10H8Cl2N2O. The monoisotopic (exact) mass is 242 g/mol. The maximum atomic E-state index is 11.0. The van der Waals surface area contributed by atoms with Crippen LogP contribution in [0.25, 0.3) is 0 Å². The molecule has 0 radical (unpaired) electrons. The van der Waals surface area contributed by atoms with Crippen molar-refractivity contribution >= 4 is 35.3 Å². The van der Waals surface area contributed by atoms with E-state index in [-0.39, 0.29) is 5.91 Å². The van der Waals surface area contributed by atoms with E-state index in [0.29, 0.717) is 5.02 Å². The Hall–Kier alpha value is -1.06. The molecule has 1 aromatic rings. The van der Waals surface area contributed by atoms with Gasteiger partial charge in [-0.2, -0.15) is 0 Å². The van der Waals surface area contributed by atoms with E-state index in [4.69, 9.17) is 23.2 Å². The first kappa shape index (κ1) is 10.5. The number of amides is 1. The zero-order valence-electron chi connectivity index (χ0n) is 7.65. The van der Waals surface area contributed by atoms with Crippen molar-refractivity contribution in [2.75, 3.05) is 0 Å². The third-order valence-electron chi connectivity index (χ3n) is 2.11. The fourth-order valence-electron chi connectivity index (χ4n) is 1.22. The number of aliphatic imine (C=N–C) groups is 1. The highest BCUT2D eigenvalue weighted by Gasteiger charge is 2.37. The number of alkyl halides is 1. The van der Waals surface area contributed by atoms with E-state index in [2.05, 4.69) is 10.3 Å². The number of nitrogens with zero attached hydrogens (tertiary/aromatic N) is 1. The molecule has 15 heavy (non-hydrogen) atoms. The molecule has 1 heterocycles. The number of carbonyl (C=O) groups is 1. The molecule has 2 atom stereocenters. The molecule has 0 spiro atoms. The van der Waals surface area contributed by atoms with Crippen molar-refractivity contribution in [3.8, 4) is 0 Å². The smallest absolute Gasteiger partial charge is 0.249 e. The number of hydrogen-bond donors (Lipinski definition) is 1. The van der Waals surface area contributed by atoms with Crippen LogP contribution < -0.4 is 5.32 Å². The minimum atomic E-state index is -0.497. The highest BCUT2D eigenvalue weighted by atomic mass is 35.5. The second-order valence-electron chi connectivity index (χ2n) is 3.15. The third kappa shape index (κ3) is 2.13. The first-order valence-corrected chi connectivity index (χ1v) is 5.22. The Kier molecular flexibility index (Phi) is 2.93. The maximum absolute atomic E-state index is 11.0. The van der Waals surface area contributed by atoms with Crippen molar-refractivity contribution in [2.45, 2.75) is 11.5 Å². The Morgan fingerprint density at radius 3 is 2.73 bits per heavy atom. The van der Waals surface area contributed by atoms with Gasteiger partial charge in [0.05, 0.1) is 0 Å². The maximum Gasteiger partial charge on any atom is 0.249 e. The Balaban J connectivity index is 2.12. The lowest BCUT2D eigenvalue weighted by Gasteiger charge is -2.28. The lowest BCUT2D eigenvalue weighted by molar-refractivity contribution is -0.128. The molecule has 0 aromatic heterocycles. The topological polar surface area (TPSA) is 41.5 Å². The average Bonchev–Trinajstić information content (AvgIpc) is 2.21. The number of nitrogens with one attached hydrogen (secondary N) is 1. The number of benzene rings is 1. The fourth-order valence-corrected chi connectivity index (χ4v) is 1.69. The average molecular weight is 243 g/mol. The van der Waals surface area contributed by atoms with Gasteiger partial charge in [0.25, 0.3) is 0 Å². The van der Waals surface area contributed by atoms with Crippen LogP contribution in [-0.2, 0) is 4.79 Å². The van der Waals surface area contributed by atoms with E-state index in [1.807, 2.05) is 18.2 Å². The van der Waals surface area contributed by atoms with E-state index in [1.165, 1.54) is 0 Å². The van der Waals surface area contributed by atoms with Crippen molar-refractivity contribution in [2.24, 2.45) is 4.99 Å². The van der Waals surface area contributed by atoms with Gasteiger partial charge in [0, 0.05) is 16.8 Å². The van der Waals surface area contributed by atoms with E-state index in [9.17, 15) is 4.79 Å². The van der Waals surface area contributed by atoms with Gasteiger partial charge in [-0.05, 0) is 6.07 Å². The number of carbonyl (C=O) groups excluding carboxylic acids is 1. The van der Waals surface area contributed by atoms with Gasteiger partial charge in [-0.3, -0.25) is 9.79 Å². The third-order valence-corrected chi connectivity index (χ3v) is 2.80. The van der Waals surface area contributed by atoms with Crippen LogP contribution in [-0.4, -0.2) is 23.7 Å². The van der Waals surface area contributed by atoms with E-state index < -0.39 is 11.5 Å². The molecule has 1 fully saturated rings. The van der Waals surface area contributed by atoms with Gasteiger partial charge in [0.15, 0.2) is 6.04 Å². The summed E-state index contributed by atoms with van der Waals surface area (Å²) in [7, 11) is 0. The molecule has 5 heteroatoms. The molecule has 3 nitrogen and oxygen atoms in total. The first-order valence-electron chi connectivity index (χ1n) is 4.40. The van der Waals surface area contributed by atoms with E-state index in [1.54, 1.807) is 12.3 Å². The summed E-state index contributed by atoms with van der Waals surface area (Å²) in [5, 5.41) is 3.09. The Bertz CT molecular complexity index is 420. The Morgan fingerprint density at radius 1 is 1.40 bits per heavy atom. The summed E-state index contributed by atoms with van der Waals surface area (Å²) < 4.78 is 0. The lowest BCUT2D eigenvalue weighted by Crippen LogP contribution is -2.58. The molecule has 0 saturated carbocycles. The molecule has 1 N–H and O–H groups in total. The molecule has 1 saturated heterocycles. The second-order valence-corrected chi connectivity index (χ2v) is 4.03. The summed E-state index contributed by atoms with van der Waals surface area (Å²) in [5.41, 5.74) is 0.374. The SMILES string of the molecule is O=C1N[C@@H](Cl)[C@@H]1/N=C/c1ccccc1Cl. The van der Waals surface area contributed by atoms with Crippen molar-refractivity contribution < 1.29 is 4.79 Å². The molecule has 78 valence electrons. The quantitative estimate of drug-likeness (QED) is 0.366. The van der Waals surface area contributed by atoms with Crippen LogP contribution in [0.5, 0.6) is 0 Å². The van der Waals surface area contributed by atoms with Crippen molar-refractivity contribution in [3.63, 3.8) is 0 Å². The van der Waals surface area contributed by atoms with E-state index in [0.717, 1.165) is 5.56 Å². The van der Waals surface area contributed by atoms with Gasteiger partial charge in [-0.15, -0.1) is 0 Å². The van der Waals surface area contributed by atoms with Crippen LogP contribution in [0.15, 0.2) is 29.3 Å². The highest BCUT2D eigenvalue weighted by molar-refractivity contribution is 6.33. The standard InChI is InChI=1S/C10H8Cl2N2O/c11-7-4-2-1-3-6(7)5-13-8-9(12)14-10(8)15/h1-5,8-9H,(H,14,15)/b13-5+/t8-,9+/m0/s1. The number of hydrogen-bond acceptors (Lipinski definition) is 2. The molecule has 0 unspecified atom stereocenters. The molecule has 1 aromatic carbocycles. The van der Waals surface area contributed by atoms with Crippen molar-refractivity contribution in [1.29, 1.82) is 0 Å². The molecule has 2 rings (SSSR count).